The van der Waals surface area contributed by atoms with E-state index in [9.17, 15) is 24.8 Å². The highest BCUT2D eigenvalue weighted by Gasteiger charge is 2.54. The molecule has 2 aliphatic rings. The molecule has 1 aromatic carbocycles. The summed E-state index contributed by atoms with van der Waals surface area (Å²) in [7, 11) is 0. The lowest BCUT2D eigenvalue weighted by Gasteiger charge is -2.49. The Hall–Kier alpha value is -2.95. The van der Waals surface area contributed by atoms with Crippen molar-refractivity contribution >= 4 is 41.3 Å². The van der Waals surface area contributed by atoms with Gasteiger partial charge in [-0.05, 0) is 12.1 Å². The summed E-state index contributed by atoms with van der Waals surface area (Å²) in [5, 5.41) is 29.3. The van der Waals surface area contributed by atoms with E-state index in [1.54, 1.807) is 30.3 Å². The van der Waals surface area contributed by atoms with Gasteiger partial charge in [-0.1, -0.05) is 23.9 Å². The lowest BCUT2D eigenvalue weighted by Crippen LogP contribution is -2.70. The van der Waals surface area contributed by atoms with Gasteiger partial charge in [-0.2, -0.15) is 10.5 Å². The number of amides is 2. The Morgan fingerprint density at radius 2 is 2.11 bits per heavy atom. The summed E-state index contributed by atoms with van der Waals surface area (Å²) in [4.78, 5) is 38.0. The molecule has 0 radical (unpaired) electrons. The van der Waals surface area contributed by atoms with Crippen molar-refractivity contribution in [3.63, 3.8) is 0 Å². The number of carboxylic acid groups (broad SMARTS) is 1. The molecule has 0 saturated carbocycles. The van der Waals surface area contributed by atoms with Crippen LogP contribution in [0.15, 0.2) is 39.8 Å². The number of hydrogen-bond acceptors (Lipinski definition) is 7. The molecule has 2 aliphatic heterocycles. The van der Waals surface area contributed by atoms with Crippen molar-refractivity contribution in [3.8, 4) is 12.1 Å². The summed E-state index contributed by atoms with van der Waals surface area (Å²) in [6, 6.07) is 9.74. The summed E-state index contributed by atoms with van der Waals surface area (Å²) in [6.45, 7) is 0. The maximum Gasteiger partial charge on any atom is 0.353 e. The summed E-state index contributed by atoms with van der Waals surface area (Å²) >= 11 is 2.48. The second-order valence-corrected chi connectivity index (χ2v) is 7.82. The van der Waals surface area contributed by atoms with Crippen LogP contribution < -0.4 is 5.32 Å². The molecule has 1 saturated heterocycles. The van der Waals surface area contributed by atoms with Gasteiger partial charge < -0.3 is 10.4 Å². The Bertz CT molecular complexity index is 947. The second kappa shape index (κ2) is 7.74. The van der Waals surface area contributed by atoms with Crippen molar-refractivity contribution in [3.05, 3.63) is 40.4 Å². The molecular formula is C17H12N4O4S2. The van der Waals surface area contributed by atoms with E-state index >= 15 is 0 Å². The van der Waals surface area contributed by atoms with Crippen LogP contribution >= 0.6 is 23.5 Å². The SMILES string of the molecule is N#CCC(=O)N[C@@H]1C(=O)N2C(C(=O)O)=C(Sc3ccccc3C#N)CS[C@H]12. The van der Waals surface area contributed by atoms with E-state index < -0.39 is 29.2 Å². The van der Waals surface area contributed by atoms with Crippen molar-refractivity contribution < 1.29 is 19.5 Å². The standard InChI is InChI=1S/C17H12N4O4S2/c18-6-5-12(22)20-13-15(23)21-14(17(24)25)11(8-26-16(13)21)27-10-4-2-1-3-9(10)7-19/h1-4,13,16H,5,8H2,(H,20,22)(H,24,25)/t13-,16-/m1/s1. The minimum Gasteiger partial charge on any atom is -0.477 e. The Morgan fingerprint density at radius 3 is 2.78 bits per heavy atom. The summed E-state index contributed by atoms with van der Waals surface area (Å²) < 4.78 is 0. The minimum atomic E-state index is -1.24. The van der Waals surface area contributed by atoms with Crippen molar-refractivity contribution in [1.29, 1.82) is 10.5 Å². The molecule has 0 aliphatic carbocycles. The number of nitrogens with one attached hydrogen (secondary N) is 1. The topological polar surface area (TPSA) is 134 Å². The Labute approximate surface area is 162 Å². The Balaban J connectivity index is 1.87. The van der Waals surface area contributed by atoms with Crippen molar-refractivity contribution in [2.24, 2.45) is 0 Å². The molecule has 27 heavy (non-hydrogen) atoms. The van der Waals surface area contributed by atoms with Gasteiger partial charge in [-0.3, -0.25) is 14.5 Å². The Morgan fingerprint density at radius 1 is 1.37 bits per heavy atom. The number of nitrogens with zero attached hydrogens (tertiary/aromatic N) is 3. The highest BCUT2D eigenvalue weighted by molar-refractivity contribution is 8.06. The third kappa shape index (κ3) is 3.50. The first kappa shape index (κ1) is 18.8. The number of aliphatic carboxylic acids is 1. The summed E-state index contributed by atoms with van der Waals surface area (Å²) in [5.41, 5.74) is 0.288. The van der Waals surface area contributed by atoms with Crippen molar-refractivity contribution in [1.82, 2.24) is 10.2 Å². The molecule has 2 heterocycles. The molecule has 1 fully saturated rings. The van der Waals surface area contributed by atoms with Crippen LogP contribution in [0.2, 0.25) is 0 Å². The first-order chi connectivity index (χ1) is 13.0. The molecule has 2 amide bonds. The number of rotatable bonds is 5. The predicted octanol–water partition coefficient (Wildman–Crippen LogP) is 1.26. The van der Waals surface area contributed by atoms with Crippen LogP contribution in [0.3, 0.4) is 0 Å². The highest BCUT2D eigenvalue weighted by atomic mass is 32.2. The van der Waals surface area contributed by atoms with Gasteiger partial charge in [-0.15, -0.1) is 11.8 Å². The number of benzene rings is 1. The van der Waals surface area contributed by atoms with Crippen LogP contribution in [0, 0.1) is 22.7 Å². The summed E-state index contributed by atoms with van der Waals surface area (Å²) in [6.07, 6.45) is -0.366. The number of thioether (sulfide) groups is 2. The first-order valence-electron chi connectivity index (χ1n) is 7.72. The molecule has 2 N–H and O–H groups in total. The smallest absolute Gasteiger partial charge is 0.353 e. The van der Waals surface area contributed by atoms with E-state index in [4.69, 9.17) is 5.26 Å². The molecule has 2 atom stereocenters. The zero-order valence-electron chi connectivity index (χ0n) is 13.7. The molecule has 0 spiro atoms. The number of carbonyl (C=O) groups is 3. The number of carboxylic acids is 1. The van der Waals surface area contributed by atoms with Crippen LogP contribution in [0.25, 0.3) is 0 Å². The maximum absolute atomic E-state index is 12.4. The molecule has 136 valence electrons. The fourth-order valence-electron chi connectivity index (χ4n) is 2.75. The van der Waals surface area contributed by atoms with Crippen LogP contribution in [0.4, 0.5) is 0 Å². The van der Waals surface area contributed by atoms with Gasteiger partial charge in [0.2, 0.25) is 5.91 Å². The van der Waals surface area contributed by atoms with Gasteiger partial charge >= 0.3 is 5.97 Å². The number of carbonyl (C=O) groups excluding carboxylic acids is 2. The molecule has 10 heteroatoms. The highest BCUT2D eigenvalue weighted by Crippen LogP contribution is 2.45. The number of hydrogen-bond donors (Lipinski definition) is 2. The quantitative estimate of drug-likeness (QED) is 0.706. The van der Waals surface area contributed by atoms with Gasteiger partial charge in [0, 0.05) is 15.6 Å². The van der Waals surface area contributed by atoms with Crippen LogP contribution in [0.5, 0.6) is 0 Å². The van der Waals surface area contributed by atoms with E-state index in [-0.39, 0.29) is 12.1 Å². The fraction of sp³-hybridized carbons (Fsp3) is 0.235. The van der Waals surface area contributed by atoms with Gasteiger partial charge in [0.1, 0.15) is 29.6 Å². The van der Waals surface area contributed by atoms with E-state index in [1.165, 1.54) is 11.8 Å². The average Bonchev–Trinajstić information content (AvgIpc) is 2.66. The minimum absolute atomic E-state index is 0.132. The maximum atomic E-state index is 12.4. The second-order valence-electron chi connectivity index (χ2n) is 5.58. The molecule has 3 rings (SSSR count). The van der Waals surface area contributed by atoms with Crippen LogP contribution in [0.1, 0.15) is 12.0 Å². The van der Waals surface area contributed by atoms with E-state index in [0.717, 1.165) is 16.7 Å². The number of β-lactam (4-membered cyclic amide) rings is 1. The normalized spacial score (nSPS) is 20.8. The molecule has 0 unspecified atom stereocenters. The van der Waals surface area contributed by atoms with E-state index in [2.05, 4.69) is 11.4 Å². The summed E-state index contributed by atoms with van der Waals surface area (Å²) in [5.74, 6) is -2.01. The Kier molecular flexibility index (Phi) is 5.40. The van der Waals surface area contributed by atoms with E-state index in [0.29, 0.717) is 21.1 Å². The molecular weight excluding hydrogens is 388 g/mol. The zero-order chi connectivity index (χ0) is 19.6. The fourth-order valence-corrected chi connectivity index (χ4v) is 5.30. The molecule has 0 bridgehead atoms. The zero-order valence-corrected chi connectivity index (χ0v) is 15.3. The van der Waals surface area contributed by atoms with Crippen molar-refractivity contribution in [2.45, 2.75) is 22.7 Å². The van der Waals surface area contributed by atoms with Crippen LogP contribution in [-0.4, -0.2) is 45.0 Å². The predicted molar refractivity (Wildman–Crippen MR) is 96.9 cm³/mol. The van der Waals surface area contributed by atoms with Crippen LogP contribution in [-0.2, 0) is 14.4 Å². The van der Waals surface area contributed by atoms with Gasteiger partial charge in [0.05, 0.1) is 11.6 Å². The lowest BCUT2D eigenvalue weighted by molar-refractivity contribution is -0.150. The monoisotopic (exact) mass is 400 g/mol. The average molecular weight is 400 g/mol. The number of nitriles is 2. The molecule has 1 aromatic rings. The van der Waals surface area contributed by atoms with Crippen molar-refractivity contribution in [2.75, 3.05) is 5.75 Å². The van der Waals surface area contributed by atoms with Gasteiger partial charge in [0.15, 0.2) is 0 Å². The first-order valence-corrected chi connectivity index (χ1v) is 9.59. The lowest BCUT2D eigenvalue weighted by atomic mass is 10.0. The third-order valence-corrected chi connectivity index (χ3v) is 6.56. The van der Waals surface area contributed by atoms with Gasteiger partial charge in [0.25, 0.3) is 5.91 Å². The molecule has 0 aromatic heterocycles. The number of fused-ring (bicyclic) bond motifs is 1. The molecule has 8 nitrogen and oxygen atoms in total. The largest absolute Gasteiger partial charge is 0.477 e. The van der Waals surface area contributed by atoms with Gasteiger partial charge in [-0.25, -0.2) is 4.79 Å². The third-order valence-electron chi connectivity index (χ3n) is 3.93. The van der Waals surface area contributed by atoms with E-state index in [1.807, 2.05) is 0 Å².